The van der Waals surface area contributed by atoms with Crippen molar-refractivity contribution in [2.75, 3.05) is 0 Å². The Hall–Kier alpha value is -1.37. The lowest BCUT2D eigenvalue weighted by molar-refractivity contribution is 0.278. The van der Waals surface area contributed by atoms with Gasteiger partial charge in [-0.15, -0.1) is 0 Å². The Morgan fingerprint density at radius 2 is 1.54 bits per heavy atom. The number of nitrogens with one attached hydrogen (secondary N) is 1. The number of benzene rings is 1. The van der Waals surface area contributed by atoms with Gasteiger partial charge in [-0.2, -0.15) is 0 Å². The molecule has 0 fully saturated rings. The van der Waals surface area contributed by atoms with Crippen LogP contribution in [0.15, 0.2) is 30.3 Å². The Bertz CT molecular complexity index is 250. The zero-order chi connectivity index (χ0) is 10.3. The number of amidine groups is 1. The van der Waals surface area contributed by atoms with Crippen molar-refractivity contribution in [1.29, 1.82) is 5.41 Å². The maximum Gasteiger partial charge on any atom is 0.631 e. The molecule has 6 N–H and O–H groups in total. The largest absolute Gasteiger partial charge is 0.631 e. The fourth-order valence-corrected chi connectivity index (χ4v) is 0.618. The van der Waals surface area contributed by atoms with Crippen LogP contribution in [0.1, 0.15) is 5.56 Å². The van der Waals surface area contributed by atoms with Gasteiger partial charge in [0.2, 0.25) is 0 Å². The lowest BCUT2D eigenvalue weighted by atomic mass is 10.2. The molecule has 0 saturated carbocycles. The summed E-state index contributed by atoms with van der Waals surface area (Å²) in [6.45, 7) is 0. The normalized spacial score (nSPS) is 8.23. The summed E-state index contributed by atoms with van der Waals surface area (Å²) in [6, 6.07) is 9.23. The van der Waals surface area contributed by atoms with E-state index >= 15 is 0 Å². The predicted molar refractivity (Wildman–Crippen MR) is 49.9 cm³/mol. The first-order chi connectivity index (χ1) is 6.04. The van der Waals surface area contributed by atoms with Crippen LogP contribution in [0.2, 0.25) is 0 Å². The highest BCUT2D eigenvalue weighted by Gasteiger charge is 1.92. The molecule has 0 aliphatic carbocycles. The van der Waals surface area contributed by atoms with E-state index in [0.29, 0.717) is 0 Å². The minimum atomic E-state index is -2.17. The molecule has 0 amide bonds. The van der Waals surface area contributed by atoms with Crippen molar-refractivity contribution in [2.45, 2.75) is 0 Å². The molecule has 0 atom stereocenters. The van der Waals surface area contributed by atoms with Gasteiger partial charge >= 0.3 is 7.32 Å². The van der Waals surface area contributed by atoms with Crippen molar-refractivity contribution < 1.29 is 15.1 Å². The van der Waals surface area contributed by atoms with Crippen LogP contribution in [-0.4, -0.2) is 28.2 Å². The fourth-order valence-electron chi connectivity index (χ4n) is 0.618. The minimum absolute atomic E-state index is 0.121. The van der Waals surface area contributed by atoms with Crippen LogP contribution in [0.25, 0.3) is 0 Å². The molecule has 6 heteroatoms. The molecule has 13 heavy (non-hydrogen) atoms. The predicted octanol–water partition coefficient (Wildman–Crippen LogP) is -1.08. The SMILES string of the molecule is N=C(N)c1ccccc1.OB(O)O. The van der Waals surface area contributed by atoms with E-state index in [4.69, 9.17) is 26.2 Å². The standard InChI is InChI=1S/C7H8N2.BH3O3/c8-7(9)6-4-2-1-3-5-6;2-1(3)4/h1-5H,(H3,8,9);2-4H. The second-order valence-electron chi connectivity index (χ2n) is 2.13. The zero-order valence-electron chi connectivity index (χ0n) is 6.88. The van der Waals surface area contributed by atoms with E-state index in [0.717, 1.165) is 5.56 Å². The van der Waals surface area contributed by atoms with Crippen LogP contribution in [0.3, 0.4) is 0 Å². The molecule has 70 valence electrons. The van der Waals surface area contributed by atoms with Crippen LogP contribution in [0.4, 0.5) is 0 Å². The van der Waals surface area contributed by atoms with Crippen LogP contribution >= 0.6 is 0 Å². The smallest absolute Gasteiger partial charge is 0.402 e. The summed E-state index contributed by atoms with van der Waals surface area (Å²) in [7, 11) is -2.17. The van der Waals surface area contributed by atoms with Crippen molar-refractivity contribution >= 4 is 13.2 Å². The van der Waals surface area contributed by atoms with E-state index in [1.807, 2.05) is 30.3 Å². The molecule has 0 unspecified atom stereocenters. The van der Waals surface area contributed by atoms with E-state index in [2.05, 4.69) is 0 Å². The van der Waals surface area contributed by atoms with Crippen LogP contribution in [0, 0.1) is 5.41 Å². The summed E-state index contributed by atoms with van der Waals surface area (Å²) < 4.78 is 0. The summed E-state index contributed by atoms with van der Waals surface area (Å²) in [5, 5.41) is 28.5. The molecule has 1 rings (SSSR count). The molecule has 0 aliphatic heterocycles. The van der Waals surface area contributed by atoms with Crippen molar-refractivity contribution in [3.63, 3.8) is 0 Å². The summed E-state index contributed by atoms with van der Waals surface area (Å²) in [5.41, 5.74) is 5.97. The van der Waals surface area contributed by atoms with Gasteiger partial charge in [-0.05, 0) is 0 Å². The average Bonchev–Trinajstić information content (AvgIpc) is 2.05. The van der Waals surface area contributed by atoms with E-state index in [-0.39, 0.29) is 5.84 Å². The number of rotatable bonds is 1. The molecule has 0 saturated heterocycles. The molecule has 0 radical (unpaired) electrons. The summed E-state index contributed by atoms with van der Waals surface area (Å²) in [6.07, 6.45) is 0. The van der Waals surface area contributed by atoms with Crippen molar-refractivity contribution in [3.05, 3.63) is 35.9 Å². The number of nitrogen functional groups attached to an aromatic ring is 1. The Morgan fingerprint density at radius 3 is 1.77 bits per heavy atom. The molecule has 0 bridgehead atoms. The third-order valence-corrected chi connectivity index (χ3v) is 1.08. The first kappa shape index (κ1) is 11.6. The van der Waals surface area contributed by atoms with E-state index in [1.54, 1.807) is 0 Å². The first-order valence-electron chi connectivity index (χ1n) is 3.47. The Balaban J connectivity index is 0.000000310. The number of hydrogen-bond acceptors (Lipinski definition) is 4. The summed E-state index contributed by atoms with van der Waals surface area (Å²) in [5.74, 6) is 0.121. The van der Waals surface area contributed by atoms with Gasteiger partial charge in [-0.1, -0.05) is 30.3 Å². The third-order valence-electron chi connectivity index (χ3n) is 1.08. The molecule has 0 spiro atoms. The molecular formula is C7H11BN2O3. The van der Waals surface area contributed by atoms with Crippen molar-refractivity contribution in [1.82, 2.24) is 0 Å². The topological polar surface area (TPSA) is 111 Å². The molecule has 1 aromatic rings. The number of nitrogens with two attached hydrogens (primary N) is 1. The highest BCUT2D eigenvalue weighted by Crippen LogP contribution is 1.94. The van der Waals surface area contributed by atoms with E-state index in [9.17, 15) is 0 Å². The van der Waals surface area contributed by atoms with E-state index in [1.165, 1.54) is 0 Å². The molecule has 0 heterocycles. The minimum Gasteiger partial charge on any atom is -0.402 e. The second-order valence-corrected chi connectivity index (χ2v) is 2.13. The first-order valence-corrected chi connectivity index (χ1v) is 3.47. The monoisotopic (exact) mass is 182 g/mol. The van der Waals surface area contributed by atoms with Crippen LogP contribution in [-0.2, 0) is 0 Å². The van der Waals surface area contributed by atoms with Gasteiger partial charge < -0.3 is 20.8 Å². The highest BCUT2D eigenvalue weighted by molar-refractivity contribution is 6.30. The average molecular weight is 182 g/mol. The maximum absolute atomic E-state index is 7.17. The summed E-state index contributed by atoms with van der Waals surface area (Å²) >= 11 is 0. The molecule has 0 aromatic heterocycles. The quantitative estimate of drug-likeness (QED) is 0.216. The van der Waals surface area contributed by atoms with E-state index < -0.39 is 7.32 Å². The second kappa shape index (κ2) is 6.18. The third kappa shape index (κ3) is 7.01. The highest BCUT2D eigenvalue weighted by atomic mass is 16.5. The lowest BCUT2D eigenvalue weighted by Gasteiger charge is -1.93. The fraction of sp³-hybridized carbons (Fsp3) is 0. The lowest BCUT2D eigenvalue weighted by Crippen LogP contribution is -2.10. The Morgan fingerprint density at radius 1 is 1.15 bits per heavy atom. The van der Waals surface area contributed by atoms with Gasteiger partial charge in [-0.3, -0.25) is 5.41 Å². The molecular weight excluding hydrogens is 171 g/mol. The van der Waals surface area contributed by atoms with Crippen LogP contribution < -0.4 is 5.73 Å². The van der Waals surface area contributed by atoms with Gasteiger partial charge in [0.15, 0.2) is 0 Å². The van der Waals surface area contributed by atoms with Gasteiger partial charge in [0.1, 0.15) is 5.84 Å². The maximum atomic E-state index is 7.17. The van der Waals surface area contributed by atoms with Crippen molar-refractivity contribution in [2.24, 2.45) is 5.73 Å². The Kier molecular flexibility index (Phi) is 5.53. The van der Waals surface area contributed by atoms with Crippen LogP contribution in [0.5, 0.6) is 0 Å². The zero-order valence-corrected chi connectivity index (χ0v) is 6.88. The number of hydrogen-bond donors (Lipinski definition) is 5. The van der Waals surface area contributed by atoms with Gasteiger partial charge in [0, 0.05) is 5.56 Å². The van der Waals surface area contributed by atoms with Gasteiger partial charge in [0.05, 0.1) is 0 Å². The molecule has 1 aromatic carbocycles. The summed E-state index contributed by atoms with van der Waals surface area (Å²) in [4.78, 5) is 0. The van der Waals surface area contributed by atoms with Gasteiger partial charge in [0.25, 0.3) is 0 Å². The van der Waals surface area contributed by atoms with Gasteiger partial charge in [-0.25, -0.2) is 0 Å². The molecule has 0 aliphatic rings. The van der Waals surface area contributed by atoms with Crippen molar-refractivity contribution in [3.8, 4) is 0 Å². The molecule has 5 nitrogen and oxygen atoms in total. The Labute approximate surface area is 76.1 Å².